The van der Waals surface area contributed by atoms with E-state index in [1.54, 1.807) is 0 Å². The summed E-state index contributed by atoms with van der Waals surface area (Å²) in [6.45, 7) is 6.61. The number of unbranched alkanes of at least 4 members (excludes halogenated alkanes) is 33. The van der Waals surface area contributed by atoms with Gasteiger partial charge in [0.05, 0.1) is 0 Å². The highest BCUT2D eigenvalue weighted by Crippen LogP contribution is 2.16. The summed E-state index contributed by atoms with van der Waals surface area (Å²) >= 11 is 0. The van der Waals surface area contributed by atoms with E-state index in [9.17, 15) is 14.4 Å². The van der Waals surface area contributed by atoms with Crippen molar-refractivity contribution >= 4 is 17.9 Å². The van der Waals surface area contributed by atoms with Gasteiger partial charge in [-0.1, -0.05) is 255 Å². The van der Waals surface area contributed by atoms with Gasteiger partial charge in [-0.3, -0.25) is 14.4 Å². The molecule has 0 bridgehead atoms. The Hall–Kier alpha value is -2.89. The van der Waals surface area contributed by atoms with Crippen LogP contribution in [0.1, 0.15) is 303 Å². The number of esters is 3. The zero-order chi connectivity index (χ0) is 50.0. The molecule has 0 saturated heterocycles. The maximum Gasteiger partial charge on any atom is 0.306 e. The van der Waals surface area contributed by atoms with Gasteiger partial charge in [-0.25, -0.2) is 0 Å². The van der Waals surface area contributed by atoms with E-state index in [0.29, 0.717) is 19.3 Å². The van der Waals surface area contributed by atoms with Crippen molar-refractivity contribution in [2.75, 3.05) is 13.2 Å². The molecule has 0 fully saturated rings. The first-order valence-electron chi connectivity index (χ1n) is 29.8. The van der Waals surface area contributed by atoms with Gasteiger partial charge in [-0.2, -0.15) is 0 Å². The predicted molar refractivity (Wildman–Crippen MR) is 298 cm³/mol. The summed E-state index contributed by atoms with van der Waals surface area (Å²) in [7, 11) is 0. The molecule has 0 heterocycles. The third kappa shape index (κ3) is 55.9. The minimum absolute atomic E-state index is 0.0870. The van der Waals surface area contributed by atoms with Gasteiger partial charge in [0.25, 0.3) is 0 Å². The van der Waals surface area contributed by atoms with Gasteiger partial charge in [0, 0.05) is 19.3 Å². The Balaban J connectivity index is 4.43. The number of rotatable bonds is 54. The average Bonchev–Trinajstić information content (AvgIpc) is 3.35. The molecule has 0 spiro atoms. The quantitative estimate of drug-likeness (QED) is 0.0262. The van der Waals surface area contributed by atoms with Gasteiger partial charge in [-0.15, -0.1) is 0 Å². The molecule has 0 aliphatic heterocycles. The fraction of sp³-hybridized carbons (Fsp3) is 0.794. The maximum atomic E-state index is 12.9. The van der Waals surface area contributed by atoms with Crippen molar-refractivity contribution in [3.8, 4) is 0 Å². The number of ether oxygens (including phenoxy) is 3. The molecule has 6 heteroatoms. The molecule has 0 aliphatic carbocycles. The van der Waals surface area contributed by atoms with Crippen molar-refractivity contribution in [1.29, 1.82) is 0 Å². The summed E-state index contributed by atoms with van der Waals surface area (Å²) < 4.78 is 16.9. The molecule has 400 valence electrons. The first-order chi connectivity index (χ1) is 34.0. The summed E-state index contributed by atoms with van der Waals surface area (Å²) in [5, 5.41) is 0. The van der Waals surface area contributed by atoms with Crippen LogP contribution in [0.15, 0.2) is 60.8 Å². The molecule has 0 radical (unpaired) electrons. The van der Waals surface area contributed by atoms with Crippen molar-refractivity contribution in [2.45, 2.75) is 309 Å². The smallest absolute Gasteiger partial charge is 0.306 e. The number of carbonyl (C=O) groups excluding carboxylic acids is 3. The van der Waals surface area contributed by atoms with Crippen LogP contribution in [0.5, 0.6) is 0 Å². The fourth-order valence-corrected chi connectivity index (χ4v) is 8.48. The predicted octanol–water partition coefficient (Wildman–Crippen LogP) is 20.0. The lowest BCUT2D eigenvalue weighted by Crippen LogP contribution is -2.30. The van der Waals surface area contributed by atoms with Crippen molar-refractivity contribution in [1.82, 2.24) is 0 Å². The van der Waals surface area contributed by atoms with E-state index in [4.69, 9.17) is 14.2 Å². The molecule has 0 saturated carbocycles. The molecule has 0 rings (SSSR count). The largest absolute Gasteiger partial charge is 0.462 e. The Kier molecular flexibility index (Phi) is 55.3. The van der Waals surface area contributed by atoms with Crippen molar-refractivity contribution < 1.29 is 28.6 Å². The lowest BCUT2D eigenvalue weighted by Gasteiger charge is -2.18. The molecule has 0 unspecified atom stereocenters. The van der Waals surface area contributed by atoms with Crippen molar-refractivity contribution in [3.63, 3.8) is 0 Å². The highest BCUT2D eigenvalue weighted by molar-refractivity contribution is 5.71. The summed E-state index contributed by atoms with van der Waals surface area (Å²) in [6.07, 6.45) is 72.1. The average molecular weight is 966 g/mol. The van der Waals surface area contributed by atoms with Crippen LogP contribution in [0, 0.1) is 0 Å². The van der Waals surface area contributed by atoms with E-state index in [-0.39, 0.29) is 31.1 Å². The van der Waals surface area contributed by atoms with Crippen LogP contribution in [0.4, 0.5) is 0 Å². The molecule has 0 aromatic carbocycles. The van der Waals surface area contributed by atoms with Crippen LogP contribution in [-0.2, 0) is 28.6 Å². The molecule has 0 aliphatic rings. The standard InChI is InChI=1S/C63H112O6/c1-4-7-10-13-16-19-22-25-28-30-31-33-36-39-42-45-48-51-54-57-63(66)69-60(58-67-61(64)55-52-49-46-43-40-37-34-27-24-21-18-15-12-9-6-3)59-68-62(65)56-53-50-47-44-41-38-35-32-29-26-23-20-17-14-11-8-5-2/h16,19,25,27-28,31,33-34,39,42,60H,4-15,17-18,20-24,26,29-30,32,35-38,40-41,43-59H2,1-3H3/b19-16-,28-25-,33-31-,34-27-,42-39-/t60-/m1/s1. The Morgan fingerprint density at radius 2 is 0.522 bits per heavy atom. The van der Waals surface area contributed by atoms with E-state index in [1.807, 2.05) is 0 Å². The van der Waals surface area contributed by atoms with E-state index < -0.39 is 6.10 Å². The summed E-state index contributed by atoms with van der Waals surface area (Å²) in [5.41, 5.74) is 0. The minimum Gasteiger partial charge on any atom is -0.462 e. The van der Waals surface area contributed by atoms with Crippen LogP contribution in [0.2, 0.25) is 0 Å². The molecular formula is C63H112O6. The fourth-order valence-electron chi connectivity index (χ4n) is 8.48. The molecule has 69 heavy (non-hydrogen) atoms. The van der Waals surface area contributed by atoms with Gasteiger partial charge in [-0.05, 0) is 89.9 Å². The van der Waals surface area contributed by atoms with Gasteiger partial charge in [0.15, 0.2) is 6.10 Å². The molecule has 0 aromatic rings. The lowest BCUT2D eigenvalue weighted by molar-refractivity contribution is -0.167. The normalized spacial score (nSPS) is 12.4. The third-order valence-electron chi connectivity index (χ3n) is 13.0. The van der Waals surface area contributed by atoms with Crippen LogP contribution >= 0.6 is 0 Å². The zero-order valence-corrected chi connectivity index (χ0v) is 45.8. The van der Waals surface area contributed by atoms with Crippen LogP contribution in [0.3, 0.4) is 0 Å². The van der Waals surface area contributed by atoms with Crippen molar-refractivity contribution in [2.24, 2.45) is 0 Å². The van der Waals surface area contributed by atoms with Gasteiger partial charge < -0.3 is 14.2 Å². The molecule has 0 N–H and O–H groups in total. The van der Waals surface area contributed by atoms with Crippen molar-refractivity contribution in [3.05, 3.63) is 60.8 Å². The molecule has 0 amide bonds. The van der Waals surface area contributed by atoms with Gasteiger partial charge >= 0.3 is 17.9 Å². The Morgan fingerprint density at radius 3 is 0.870 bits per heavy atom. The second-order valence-corrected chi connectivity index (χ2v) is 19.9. The summed E-state index contributed by atoms with van der Waals surface area (Å²) in [6, 6.07) is 0. The van der Waals surface area contributed by atoms with E-state index in [2.05, 4.69) is 81.5 Å². The summed E-state index contributed by atoms with van der Waals surface area (Å²) in [5.74, 6) is -0.913. The third-order valence-corrected chi connectivity index (χ3v) is 13.0. The first kappa shape index (κ1) is 66.1. The Bertz CT molecular complexity index is 1250. The van der Waals surface area contributed by atoms with E-state index in [1.165, 1.54) is 173 Å². The van der Waals surface area contributed by atoms with Gasteiger partial charge in [0.1, 0.15) is 13.2 Å². The van der Waals surface area contributed by atoms with Crippen LogP contribution < -0.4 is 0 Å². The molecular weight excluding hydrogens is 853 g/mol. The first-order valence-corrected chi connectivity index (χ1v) is 29.8. The number of carbonyl (C=O) groups is 3. The highest BCUT2D eigenvalue weighted by Gasteiger charge is 2.19. The second kappa shape index (κ2) is 57.7. The Labute approximate surface area is 428 Å². The topological polar surface area (TPSA) is 78.9 Å². The number of hydrogen-bond donors (Lipinski definition) is 0. The molecule has 6 nitrogen and oxygen atoms in total. The number of allylic oxidation sites excluding steroid dienone is 10. The Morgan fingerprint density at radius 1 is 0.290 bits per heavy atom. The monoisotopic (exact) mass is 965 g/mol. The zero-order valence-electron chi connectivity index (χ0n) is 45.8. The number of hydrogen-bond acceptors (Lipinski definition) is 6. The minimum atomic E-state index is -0.793. The van der Waals surface area contributed by atoms with Crippen LogP contribution in [0.25, 0.3) is 0 Å². The molecule has 0 aromatic heterocycles. The summed E-state index contributed by atoms with van der Waals surface area (Å²) in [4.78, 5) is 38.2. The van der Waals surface area contributed by atoms with Gasteiger partial charge in [0.2, 0.25) is 0 Å². The second-order valence-electron chi connectivity index (χ2n) is 19.9. The lowest BCUT2D eigenvalue weighted by atomic mass is 10.0. The van der Waals surface area contributed by atoms with E-state index in [0.717, 1.165) is 89.9 Å². The SMILES string of the molecule is CCCCC/C=C\C/C=C\C/C=C\C/C=C\CCCCCC(=O)O[C@H](COC(=O)CCCCCCC/C=C\CCCCCCCC)COC(=O)CCCCCCCCCCCCCCCCCCC. The molecule has 1 atom stereocenters. The van der Waals surface area contributed by atoms with Crippen LogP contribution in [-0.4, -0.2) is 37.2 Å². The highest BCUT2D eigenvalue weighted by atomic mass is 16.6. The van der Waals surface area contributed by atoms with E-state index >= 15 is 0 Å². The maximum absolute atomic E-state index is 12.9.